The van der Waals surface area contributed by atoms with Crippen LogP contribution in [0, 0.1) is 0 Å². The van der Waals surface area contributed by atoms with Crippen LogP contribution in [0.15, 0.2) is 9.57 Å². The lowest BCUT2D eigenvalue weighted by atomic mass is 10.3. The molecule has 0 saturated carbocycles. The number of halogens is 1. The van der Waals surface area contributed by atoms with E-state index in [0.717, 1.165) is 6.34 Å². The Morgan fingerprint density at radius 2 is 2.10 bits per heavy atom. The first-order chi connectivity index (χ1) is 9.81. The number of rotatable bonds is 5. The van der Waals surface area contributed by atoms with Crippen molar-refractivity contribution in [1.29, 1.82) is 0 Å². The van der Waals surface area contributed by atoms with E-state index in [-0.39, 0.29) is 28.5 Å². The van der Waals surface area contributed by atoms with Crippen LogP contribution in [0.3, 0.4) is 0 Å². The van der Waals surface area contributed by atoms with Crippen LogP contribution in [-0.4, -0.2) is 36.7 Å². The number of carbonyl (C=O) groups is 1. The predicted molar refractivity (Wildman–Crippen MR) is 77.5 cm³/mol. The first kappa shape index (κ1) is 16.8. The highest BCUT2D eigenvalue weighted by molar-refractivity contribution is 7.61. The fourth-order valence-electron chi connectivity index (χ4n) is 1.18. The number of amides is 1. The van der Waals surface area contributed by atoms with Gasteiger partial charge < -0.3 is 16.4 Å². The average Bonchev–Trinajstić information content (AvgIpc) is 2.37. The summed E-state index contributed by atoms with van der Waals surface area (Å²) in [6.45, 7) is 3.74. The van der Waals surface area contributed by atoms with E-state index >= 15 is 0 Å². The minimum absolute atomic E-state index is 0.0228. The number of carbonyl (C=O) groups excluding carboxylic acids is 1. The van der Waals surface area contributed by atoms with Gasteiger partial charge in [0.1, 0.15) is 6.34 Å². The molecule has 0 aliphatic heterocycles. The van der Waals surface area contributed by atoms with Gasteiger partial charge in [0.05, 0.1) is 0 Å². The van der Waals surface area contributed by atoms with Crippen LogP contribution in [0.4, 0.5) is 11.6 Å². The normalized spacial score (nSPS) is 10.7. The molecule has 0 radical (unpaired) electrons. The van der Waals surface area contributed by atoms with Gasteiger partial charge in [-0.05, 0) is 18.3 Å². The Morgan fingerprint density at radius 1 is 1.43 bits per heavy atom. The summed E-state index contributed by atoms with van der Waals surface area (Å²) in [5.74, 6) is -0.641. The van der Waals surface area contributed by atoms with Crippen molar-refractivity contribution in [2.75, 3.05) is 11.1 Å². The topological polar surface area (TPSA) is 152 Å². The number of nitrogens with two attached hydrogens (primary N) is 1. The van der Waals surface area contributed by atoms with Gasteiger partial charge in [-0.2, -0.15) is 8.42 Å². The van der Waals surface area contributed by atoms with Crippen LogP contribution in [-0.2, 0) is 10.5 Å². The summed E-state index contributed by atoms with van der Waals surface area (Å²) in [7, 11) is -2.70. The summed E-state index contributed by atoms with van der Waals surface area (Å²) in [5.41, 5.74) is 5.40. The number of nitrogens with one attached hydrogen (secondary N) is 2. The molecule has 0 fully saturated rings. The zero-order valence-electron chi connectivity index (χ0n) is 11.0. The highest BCUT2D eigenvalue weighted by Crippen LogP contribution is 2.20. The van der Waals surface area contributed by atoms with Crippen molar-refractivity contribution in [3.05, 3.63) is 10.8 Å². The zero-order valence-corrected chi connectivity index (χ0v) is 12.6. The monoisotopic (exact) mass is 333 g/mol. The van der Waals surface area contributed by atoms with E-state index in [1.807, 2.05) is 13.8 Å². The first-order valence-electron chi connectivity index (χ1n) is 5.53. The molecule has 0 bridgehead atoms. The van der Waals surface area contributed by atoms with Gasteiger partial charge >= 0.3 is 10.5 Å². The van der Waals surface area contributed by atoms with Crippen LogP contribution in [0.5, 0.6) is 0 Å². The van der Waals surface area contributed by atoms with E-state index in [2.05, 4.69) is 30.2 Å². The summed E-state index contributed by atoms with van der Waals surface area (Å²) in [4.78, 5) is 19.5. The molecule has 1 heterocycles. The first-order valence-corrected chi connectivity index (χ1v) is 6.94. The van der Waals surface area contributed by atoms with Gasteiger partial charge in [0.25, 0.3) is 5.91 Å². The average molecular weight is 334 g/mol. The van der Waals surface area contributed by atoms with Gasteiger partial charge in [-0.3, -0.25) is 4.79 Å². The van der Waals surface area contributed by atoms with Crippen molar-refractivity contribution in [3.63, 3.8) is 0 Å². The molecule has 0 unspecified atom stereocenters. The second-order valence-corrected chi connectivity index (χ2v) is 4.87. The maximum Gasteiger partial charge on any atom is 0.334 e. The van der Waals surface area contributed by atoms with Crippen LogP contribution in [0.25, 0.3) is 0 Å². The summed E-state index contributed by atoms with van der Waals surface area (Å²) >= 11 is 5.89. The lowest BCUT2D eigenvalue weighted by Crippen LogP contribution is -2.25. The van der Waals surface area contributed by atoms with Gasteiger partial charge in [0.15, 0.2) is 22.5 Å². The number of hydrogen-bond acceptors (Lipinski definition) is 8. The van der Waals surface area contributed by atoms with E-state index in [4.69, 9.17) is 17.3 Å². The molecule has 1 rings (SSSR count). The Bertz CT molecular complexity index is 694. The molecule has 1 aromatic heterocycles. The van der Waals surface area contributed by atoms with Gasteiger partial charge in [-0.25, -0.2) is 9.97 Å². The van der Waals surface area contributed by atoms with Crippen molar-refractivity contribution in [1.82, 2.24) is 15.3 Å². The van der Waals surface area contributed by atoms with Crippen molar-refractivity contribution < 1.29 is 13.2 Å². The van der Waals surface area contributed by atoms with Crippen LogP contribution < -0.4 is 16.4 Å². The predicted octanol–water partition coefficient (Wildman–Crippen LogP) is 0.268. The van der Waals surface area contributed by atoms with E-state index in [0.29, 0.717) is 0 Å². The molecule has 10 nitrogen and oxygen atoms in total. The second-order valence-electron chi connectivity index (χ2n) is 3.91. The van der Waals surface area contributed by atoms with Gasteiger partial charge in [-0.15, -0.1) is 5.10 Å². The van der Waals surface area contributed by atoms with Crippen molar-refractivity contribution in [2.24, 2.45) is 9.57 Å². The molecule has 0 atom stereocenters. The Kier molecular flexibility index (Phi) is 5.99. The van der Waals surface area contributed by atoms with E-state index < -0.39 is 16.4 Å². The smallest absolute Gasteiger partial charge is 0.334 e. The molecule has 1 aromatic rings. The highest BCUT2D eigenvalue weighted by atomic mass is 35.5. The summed E-state index contributed by atoms with van der Waals surface area (Å²) in [6, 6.07) is 0.0533. The molecule has 114 valence electrons. The van der Waals surface area contributed by atoms with Gasteiger partial charge in [0, 0.05) is 6.04 Å². The van der Waals surface area contributed by atoms with Gasteiger partial charge in [0.2, 0.25) is 0 Å². The zero-order chi connectivity index (χ0) is 16.0. The maximum absolute atomic E-state index is 11.7. The minimum atomic E-state index is -2.70. The molecule has 1 amide bonds. The molecule has 0 saturated heterocycles. The quantitative estimate of drug-likeness (QED) is 0.397. The van der Waals surface area contributed by atoms with Crippen LogP contribution in [0.2, 0.25) is 5.15 Å². The van der Waals surface area contributed by atoms with E-state index in [1.54, 1.807) is 0 Å². The molecule has 0 aromatic carbocycles. The highest BCUT2D eigenvalue weighted by Gasteiger charge is 2.16. The Balaban J connectivity index is 2.93. The largest absolute Gasteiger partial charge is 0.382 e. The molecule has 0 spiro atoms. The fourth-order valence-corrected chi connectivity index (χ4v) is 1.48. The number of nitrogens with zero attached hydrogens (tertiary/aromatic N) is 4. The third-order valence-electron chi connectivity index (χ3n) is 1.89. The lowest BCUT2D eigenvalue weighted by Gasteiger charge is -2.12. The van der Waals surface area contributed by atoms with E-state index in [1.165, 1.54) is 0 Å². The number of aromatic nitrogens is 2. The molecule has 4 N–H and O–H groups in total. The van der Waals surface area contributed by atoms with Crippen LogP contribution >= 0.6 is 11.6 Å². The molecule has 12 heteroatoms. The van der Waals surface area contributed by atoms with Crippen LogP contribution in [0.1, 0.15) is 24.3 Å². The molecule has 21 heavy (non-hydrogen) atoms. The Hall–Kier alpha value is -2.27. The molecular formula is C9H12ClN7O3S. The fraction of sp³-hybridized carbons (Fsp3) is 0.333. The number of nitrogen functional groups attached to an aromatic ring is 1. The third kappa shape index (κ3) is 5.31. The van der Waals surface area contributed by atoms with Crippen molar-refractivity contribution in [3.8, 4) is 0 Å². The Morgan fingerprint density at radius 3 is 2.67 bits per heavy atom. The van der Waals surface area contributed by atoms with E-state index in [9.17, 15) is 13.2 Å². The molecule has 0 aliphatic rings. The van der Waals surface area contributed by atoms with Gasteiger partial charge in [-0.1, -0.05) is 11.6 Å². The summed E-state index contributed by atoms with van der Waals surface area (Å²) in [5, 5.41) is 8.08. The standard InChI is InChI=1S/C9H12ClN7O3S/c1-4(2)14-8-6(10)15-5(7(11)16-8)9(18)12-3-13-17-21(19)20/h3-4H,1-2H3,(H3,11,14,16)(H,12,13,18). The van der Waals surface area contributed by atoms with Crippen molar-refractivity contribution >= 4 is 46.0 Å². The summed E-state index contributed by atoms with van der Waals surface area (Å²) < 4.78 is 22.9. The molecule has 0 aliphatic carbocycles. The SMILES string of the molecule is CC(C)Nc1nc(N)c(C(=O)NC=NN=S(=O)=O)nc1Cl. The maximum atomic E-state index is 11.7. The summed E-state index contributed by atoms with van der Waals surface area (Å²) in [6.07, 6.45) is 0.771. The lowest BCUT2D eigenvalue weighted by molar-refractivity contribution is 0.0974. The Labute approximate surface area is 126 Å². The molecular weight excluding hydrogens is 322 g/mol. The number of hydrogen-bond donors (Lipinski definition) is 3. The number of anilines is 2. The second kappa shape index (κ2) is 7.50. The third-order valence-corrected chi connectivity index (χ3v) is 2.38. The minimum Gasteiger partial charge on any atom is -0.382 e. The van der Waals surface area contributed by atoms with Crippen molar-refractivity contribution in [2.45, 2.75) is 19.9 Å².